The number of aliphatic hydroxyl groups is 1. The predicted octanol–water partition coefficient (Wildman–Crippen LogP) is 2.58. The molecule has 3 nitrogen and oxygen atoms in total. The van der Waals surface area contributed by atoms with Gasteiger partial charge in [-0.05, 0) is 31.0 Å². The molecule has 1 aromatic carbocycles. The molecule has 0 radical (unpaired) electrons. The molecule has 1 aliphatic rings. The van der Waals surface area contributed by atoms with Gasteiger partial charge >= 0.3 is 0 Å². The molecule has 3 rings (SSSR count). The molecule has 0 amide bonds. The van der Waals surface area contributed by atoms with E-state index in [2.05, 4.69) is 4.98 Å². The second-order valence-electron chi connectivity index (χ2n) is 4.53. The zero-order valence-corrected chi connectivity index (χ0v) is 9.55. The lowest BCUT2D eigenvalue weighted by Crippen LogP contribution is -2.09. The Morgan fingerprint density at radius 3 is 2.83 bits per heavy atom. The fourth-order valence-electron chi connectivity index (χ4n) is 2.07. The van der Waals surface area contributed by atoms with Crippen molar-refractivity contribution in [2.45, 2.75) is 25.0 Å². The van der Waals surface area contributed by atoms with E-state index in [0.717, 1.165) is 31.0 Å². The maximum Gasteiger partial charge on any atom is 0.129 e. The van der Waals surface area contributed by atoms with Crippen LogP contribution in [0.25, 0.3) is 0 Å². The Kier molecular flexibility index (Phi) is 2.63. The highest BCUT2D eigenvalue weighted by Crippen LogP contribution is 2.38. The summed E-state index contributed by atoms with van der Waals surface area (Å²) in [6.45, 7) is 0. The van der Waals surface area contributed by atoms with Crippen molar-refractivity contribution in [2.75, 3.05) is 0 Å². The van der Waals surface area contributed by atoms with Crippen LogP contribution in [-0.4, -0.2) is 14.7 Å². The lowest BCUT2D eigenvalue weighted by Gasteiger charge is -2.14. The van der Waals surface area contributed by atoms with Crippen LogP contribution in [0.3, 0.4) is 0 Å². The van der Waals surface area contributed by atoms with Crippen LogP contribution in [0.15, 0.2) is 30.7 Å². The van der Waals surface area contributed by atoms with E-state index in [4.69, 9.17) is 0 Å². The second-order valence-corrected chi connectivity index (χ2v) is 4.53. The van der Waals surface area contributed by atoms with E-state index >= 15 is 0 Å². The van der Waals surface area contributed by atoms with Crippen molar-refractivity contribution in [3.05, 3.63) is 53.6 Å². The number of hydrogen-bond acceptors (Lipinski definition) is 2. The van der Waals surface area contributed by atoms with Gasteiger partial charge in [-0.3, -0.25) is 0 Å². The Balaban J connectivity index is 2.00. The van der Waals surface area contributed by atoms with E-state index < -0.39 is 17.7 Å². The number of rotatable bonds is 3. The number of nitrogens with zero attached hydrogens (tertiary/aromatic N) is 2. The molecular weight excluding hydrogens is 238 g/mol. The van der Waals surface area contributed by atoms with Gasteiger partial charge in [0.15, 0.2) is 0 Å². The summed E-state index contributed by atoms with van der Waals surface area (Å²) in [7, 11) is 0. The van der Waals surface area contributed by atoms with E-state index in [1.807, 2.05) is 4.57 Å². The average molecular weight is 250 g/mol. The number of benzene rings is 1. The van der Waals surface area contributed by atoms with Crippen molar-refractivity contribution in [3.63, 3.8) is 0 Å². The van der Waals surface area contributed by atoms with Crippen molar-refractivity contribution in [2.24, 2.45) is 0 Å². The maximum atomic E-state index is 13.6. The van der Waals surface area contributed by atoms with Gasteiger partial charge in [0.05, 0.1) is 18.2 Å². The molecule has 1 heterocycles. The number of imidazole rings is 1. The van der Waals surface area contributed by atoms with Crippen LogP contribution in [0.1, 0.15) is 36.2 Å². The summed E-state index contributed by atoms with van der Waals surface area (Å²) in [6.07, 6.45) is 3.98. The van der Waals surface area contributed by atoms with Crippen LogP contribution in [0.5, 0.6) is 0 Å². The summed E-state index contributed by atoms with van der Waals surface area (Å²) < 4.78 is 28.6. The predicted molar refractivity (Wildman–Crippen MR) is 60.9 cm³/mol. The van der Waals surface area contributed by atoms with E-state index in [-0.39, 0.29) is 5.56 Å². The van der Waals surface area contributed by atoms with Crippen molar-refractivity contribution >= 4 is 0 Å². The molecular formula is C13H12F2N2O. The highest BCUT2D eigenvalue weighted by Gasteiger charge is 2.28. The Bertz CT molecular complexity index is 578. The van der Waals surface area contributed by atoms with Crippen molar-refractivity contribution < 1.29 is 13.9 Å². The lowest BCUT2D eigenvalue weighted by molar-refractivity contribution is 0.204. The summed E-state index contributed by atoms with van der Waals surface area (Å²) in [6, 6.07) is 3.40. The minimum absolute atomic E-state index is 0.0580. The smallest absolute Gasteiger partial charge is 0.129 e. The van der Waals surface area contributed by atoms with E-state index in [0.29, 0.717) is 11.7 Å². The molecule has 0 spiro atoms. The van der Waals surface area contributed by atoms with Crippen LogP contribution < -0.4 is 0 Å². The number of aliphatic hydroxyl groups excluding tert-OH is 1. The third kappa shape index (κ3) is 1.90. The Hall–Kier alpha value is -1.75. The van der Waals surface area contributed by atoms with Crippen LogP contribution >= 0.6 is 0 Å². The third-order valence-electron chi connectivity index (χ3n) is 3.17. The van der Waals surface area contributed by atoms with Crippen LogP contribution in [0, 0.1) is 11.6 Å². The molecule has 0 saturated heterocycles. The minimum Gasteiger partial charge on any atom is -0.382 e. The molecule has 1 N–H and O–H groups in total. The van der Waals surface area contributed by atoms with Gasteiger partial charge in [0, 0.05) is 11.6 Å². The van der Waals surface area contributed by atoms with Gasteiger partial charge in [-0.25, -0.2) is 13.8 Å². The van der Waals surface area contributed by atoms with Gasteiger partial charge in [-0.1, -0.05) is 0 Å². The molecule has 1 saturated carbocycles. The molecule has 2 aromatic rings. The summed E-state index contributed by atoms with van der Waals surface area (Å²) in [5.74, 6) is -1.18. The summed E-state index contributed by atoms with van der Waals surface area (Å²) >= 11 is 0. The highest BCUT2D eigenvalue weighted by molar-refractivity contribution is 5.27. The fourth-order valence-corrected chi connectivity index (χ4v) is 2.07. The van der Waals surface area contributed by atoms with Gasteiger partial charge in [-0.2, -0.15) is 0 Å². The SMILES string of the molecule is OC(c1cc(F)ccc1F)c1cncn1C1CC1. The van der Waals surface area contributed by atoms with Gasteiger partial charge in [0.25, 0.3) is 0 Å². The molecule has 1 aromatic heterocycles. The molecule has 1 aliphatic carbocycles. The molecule has 94 valence electrons. The zero-order chi connectivity index (χ0) is 12.7. The Labute approximate surface area is 103 Å². The lowest BCUT2D eigenvalue weighted by atomic mass is 10.1. The quantitative estimate of drug-likeness (QED) is 0.909. The summed E-state index contributed by atoms with van der Waals surface area (Å²) in [4.78, 5) is 3.97. The molecule has 1 atom stereocenters. The van der Waals surface area contributed by atoms with Gasteiger partial charge in [0.1, 0.15) is 17.7 Å². The van der Waals surface area contributed by atoms with E-state index in [9.17, 15) is 13.9 Å². The molecule has 5 heteroatoms. The molecule has 0 bridgehead atoms. The average Bonchev–Trinajstić information content (AvgIpc) is 3.09. The zero-order valence-electron chi connectivity index (χ0n) is 9.55. The van der Waals surface area contributed by atoms with Crippen molar-refractivity contribution in [1.29, 1.82) is 0 Å². The fraction of sp³-hybridized carbons (Fsp3) is 0.308. The standard InChI is InChI=1S/C13H12F2N2O/c14-8-1-4-11(15)10(5-8)13(18)12-6-16-7-17(12)9-2-3-9/h1,4-7,9,13,18H,2-3H2. The second kappa shape index (κ2) is 4.17. The van der Waals surface area contributed by atoms with Crippen LogP contribution in [-0.2, 0) is 0 Å². The first-order chi connectivity index (χ1) is 8.66. The highest BCUT2D eigenvalue weighted by atomic mass is 19.1. The monoisotopic (exact) mass is 250 g/mol. The normalized spacial score (nSPS) is 16.8. The number of halogens is 2. The van der Waals surface area contributed by atoms with Crippen molar-refractivity contribution in [1.82, 2.24) is 9.55 Å². The van der Waals surface area contributed by atoms with Crippen molar-refractivity contribution in [3.8, 4) is 0 Å². The van der Waals surface area contributed by atoms with Gasteiger partial charge < -0.3 is 9.67 Å². The van der Waals surface area contributed by atoms with E-state index in [1.54, 1.807) is 6.33 Å². The summed E-state index contributed by atoms with van der Waals surface area (Å²) in [5, 5.41) is 10.2. The first kappa shape index (κ1) is 11.3. The number of aromatic nitrogens is 2. The van der Waals surface area contributed by atoms with Crippen LogP contribution in [0.2, 0.25) is 0 Å². The largest absolute Gasteiger partial charge is 0.382 e. The van der Waals surface area contributed by atoms with Gasteiger partial charge in [0.2, 0.25) is 0 Å². The van der Waals surface area contributed by atoms with Gasteiger partial charge in [-0.15, -0.1) is 0 Å². The molecule has 18 heavy (non-hydrogen) atoms. The van der Waals surface area contributed by atoms with E-state index in [1.165, 1.54) is 6.20 Å². The topological polar surface area (TPSA) is 38.1 Å². The van der Waals surface area contributed by atoms with Crippen LogP contribution in [0.4, 0.5) is 8.78 Å². The Morgan fingerprint density at radius 1 is 1.33 bits per heavy atom. The minimum atomic E-state index is -1.19. The first-order valence-electron chi connectivity index (χ1n) is 5.81. The molecule has 0 aliphatic heterocycles. The Morgan fingerprint density at radius 2 is 2.11 bits per heavy atom. The number of hydrogen-bond donors (Lipinski definition) is 1. The first-order valence-corrected chi connectivity index (χ1v) is 5.81. The maximum absolute atomic E-state index is 13.6. The molecule has 1 unspecified atom stereocenters. The molecule has 1 fully saturated rings. The third-order valence-corrected chi connectivity index (χ3v) is 3.17. The summed E-state index contributed by atoms with van der Waals surface area (Å²) in [5.41, 5.74) is 0.444.